The van der Waals surface area contributed by atoms with Crippen LogP contribution in [0.3, 0.4) is 0 Å². The Morgan fingerprint density at radius 2 is 1.96 bits per heavy atom. The van der Waals surface area contributed by atoms with Gasteiger partial charge in [0, 0.05) is 30.9 Å². The first-order valence-electron chi connectivity index (χ1n) is 9.34. The van der Waals surface area contributed by atoms with Gasteiger partial charge >= 0.3 is 0 Å². The molecule has 7 heteroatoms. The van der Waals surface area contributed by atoms with Gasteiger partial charge in [-0.2, -0.15) is 5.10 Å². The van der Waals surface area contributed by atoms with Crippen molar-refractivity contribution < 1.29 is 4.74 Å². The van der Waals surface area contributed by atoms with Crippen molar-refractivity contribution in [1.29, 1.82) is 0 Å². The second-order valence-electron chi connectivity index (χ2n) is 6.55. The first kappa shape index (κ1) is 21.1. The number of nitrogens with zero attached hydrogens (tertiary/aromatic N) is 3. The molecule has 2 N–H and O–H groups in total. The van der Waals surface area contributed by atoms with Crippen molar-refractivity contribution in [2.45, 2.75) is 40.2 Å². The number of aliphatic imine (C=N–C) groups is 1. The molecule has 0 saturated carbocycles. The average molecular weight is 392 g/mol. The van der Waals surface area contributed by atoms with E-state index < -0.39 is 0 Å². The first-order chi connectivity index (χ1) is 12.9. The summed E-state index contributed by atoms with van der Waals surface area (Å²) in [5.41, 5.74) is 3.59. The van der Waals surface area contributed by atoms with Gasteiger partial charge in [-0.25, -0.2) is 4.99 Å². The monoisotopic (exact) mass is 391 g/mol. The summed E-state index contributed by atoms with van der Waals surface area (Å²) in [6.45, 7) is 10.4. The molecule has 0 fully saturated rings. The molecule has 1 aromatic heterocycles. The second-order valence-corrected chi connectivity index (χ2v) is 6.99. The number of aromatic nitrogens is 2. The molecule has 1 unspecified atom stereocenters. The molecule has 0 aliphatic heterocycles. The summed E-state index contributed by atoms with van der Waals surface area (Å²) in [5.74, 6) is 1.59. The summed E-state index contributed by atoms with van der Waals surface area (Å²) >= 11 is 5.90. The van der Waals surface area contributed by atoms with Crippen molar-refractivity contribution in [3.63, 3.8) is 0 Å². The molecular formula is C20H30ClN5O. The quantitative estimate of drug-likeness (QED) is 0.535. The van der Waals surface area contributed by atoms with Crippen LogP contribution in [0.2, 0.25) is 5.02 Å². The van der Waals surface area contributed by atoms with Gasteiger partial charge in [0.2, 0.25) is 0 Å². The molecule has 0 amide bonds. The Morgan fingerprint density at radius 3 is 2.56 bits per heavy atom. The summed E-state index contributed by atoms with van der Waals surface area (Å²) in [7, 11) is 1.98. The summed E-state index contributed by atoms with van der Waals surface area (Å²) in [6.07, 6.45) is 0.872. The van der Waals surface area contributed by atoms with E-state index in [2.05, 4.69) is 41.5 Å². The molecule has 1 aromatic carbocycles. The number of guanidine groups is 1. The fourth-order valence-corrected chi connectivity index (χ4v) is 2.96. The van der Waals surface area contributed by atoms with Crippen molar-refractivity contribution in [3.8, 4) is 5.75 Å². The number of benzene rings is 1. The standard InChI is InChI=1S/C20H30ClN5O/c1-6-22-20(23-12-11-19-15(3)25-26(5)16(19)4)24-13-14(2)27-18-9-7-17(21)8-10-18/h7-10,14H,6,11-13H2,1-5H3,(H2,22,23,24). The Morgan fingerprint density at radius 1 is 1.26 bits per heavy atom. The minimum absolute atomic E-state index is 0.0376. The van der Waals surface area contributed by atoms with Crippen molar-refractivity contribution in [2.75, 3.05) is 19.6 Å². The molecule has 2 rings (SSSR count). The van der Waals surface area contributed by atoms with Gasteiger partial charge in [-0.1, -0.05) is 11.6 Å². The molecule has 0 bridgehead atoms. The minimum Gasteiger partial charge on any atom is -0.489 e. The summed E-state index contributed by atoms with van der Waals surface area (Å²) in [5, 5.41) is 11.8. The van der Waals surface area contributed by atoms with E-state index in [-0.39, 0.29) is 6.10 Å². The van der Waals surface area contributed by atoms with Crippen LogP contribution in [0, 0.1) is 13.8 Å². The average Bonchev–Trinajstić information content (AvgIpc) is 2.87. The molecule has 27 heavy (non-hydrogen) atoms. The van der Waals surface area contributed by atoms with Crippen LogP contribution in [-0.4, -0.2) is 41.5 Å². The molecule has 0 aliphatic rings. The van der Waals surface area contributed by atoms with Crippen LogP contribution < -0.4 is 15.4 Å². The lowest BCUT2D eigenvalue weighted by Gasteiger charge is -2.15. The third-order valence-corrected chi connectivity index (χ3v) is 4.58. The van der Waals surface area contributed by atoms with Crippen LogP contribution in [0.5, 0.6) is 5.75 Å². The number of hydrogen-bond donors (Lipinski definition) is 2. The summed E-state index contributed by atoms with van der Waals surface area (Å²) < 4.78 is 7.80. The van der Waals surface area contributed by atoms with Crippen LogP contribution in [0.15, 0.2) is 29.3 Å². The Balaban J connectivity index is 1.86. The smallest absolute Gasteiger partial charge is 0.191 e. The highest BCUT2D eigenvalue weighted by molar-refractivity contribution is 6.30. The number of rotatable bonds is 8. The fraction of sp³-hybridized carbons (Fsp3) is 0.500. The predicted molar refractivity (Wildman–Crippen MR) is 112 cm³/mol. The van der Waals surface area contributed by atoms with E-state index in [0.29, 0.717) is 11.6 Å². The summed E-state index contributed by atoms with van der Waals surface area (Å²) in [4.78, 5) is 4.63. The van der Waals surface area contributed by atoms with Gasteiger partial charge in [0.15, 0.2) is 5.96 Å². The molecule has 0 aliphatic carbocycles. The fourth-order valence-electron chi connectivity index (χ4n) is 2.83. The van der Waals surface area contributed by atoms with Gasteiger partial charge in [0.1, 0.15) is 11.9 Å². The van der Waals surface area contributed by atoms with E-state index in [1.807, 2.05) is 42.9 Å². The van der Waals surface area contributed by atoms with Crippen molar-refractivity contribution >= 4 is 17.6 Å². The lowest BCUT2D eigenvalue weighted by molar-refractivity contribution is 0.230. The van der Waals surface area contributed by atoms with Crippen LogP contribution in [0.1, 0.15) is 30.8 Å². The number of nitrogens with one attached hydrogen (secondary N) is 2. The van der Waals surface area contributed by atoms with E-state index in [9.17, 15) is 0 Å². The molecule has 2 aromatic rings. The first-order valence-corrected chi connectivity index (χ1v) is 9.72. The maximum absolute atomic E-state index is 5.90. The van der Waals surface area contributed by atoms with Gasteiger partial charge in [-0.05, 0) is 63.9 Å². The second kappa shape index (κ2) is 10.2. The zero-order valence-corrected chi connectivity index (χ0v) is 17.6. The lowest BCUT2D eigenvalue weighted by atomic mass is 10.1. The van der Waals surface area contributed by atoms with Gasteiger partial charge in [-0.3, -0.25) is 4.68 Å². The maximum atomic E-state index is 5.90. The Hall–Kier alpha value is -2.21. The predicted octanol–water partition coefficient (Wildman–Crippen LogP) is 3.26. The van der Waals surface area contributed by atoms with E-state index in [4.69, 9.17) is 16.3 Å². The molecule has 0 saturated heterocycles. The molecule has 148 valence electrons. The van der Waals surface area contributed by atoms with Crippen LogP contribution in [0.4, 0.5) is 0 Å². The van der Waals surface area contributed by atoms with Crippen molar-refractivity contribution in [2.24, 2.45) is 12.0 Å². The number of aryl methyl sites for hydroxylation is 2. The number of ether oxygens (including phenoxy) is 1. The highest BCUT2D eigenvalue weighted by Gasteiger charge is 2.09. The third kappa shape index (κ3) is 6.47. The van der Waals surface area contributed by atoms with Gasteiger partial charge < -0.3 is 15.4 Å². The molecule has 0 spiro atoms. The van der Waals surface area contributed by atoms with Crippen LogP contribution in [0.25, 0.3) is 0 Å². The zero-order valence-electron chi connectivity index (χ0n) is 16.8. The topological polar surface area (TPSA) is 63.5 Å². The van der Waals surface area contributed by atoms with Crippen LogP contribution in [-0.2, 0) is 13.5 Å². The van der Waals surface area contributed by atoms with E-state index in [1.54, 1.807) is 0 Å². The van der Waals surface area contributed by atoms with Crippen molar-refractivity contribution in [1.82, 2.24) is 20.4 Å². The highest BCUT2D eigenvalue weighted by Crippen LogP contribution is 2.16. The van der Waals surface area contributed by atoms with Crippen LogP contribution >= 0.6 is 11.6 Å². The Bertz CT molecular complexity index is 754. The van der Waals surface area contributed by atoms with Gasteiger partial charge in [0.25, 0.3) is 0 Å². The normalized spacial score (nSPS) is 12.7. The molecule has 0 radical (unpaired) electrons. The van der Waals surface area contributed by atoms with Gasteiger partial charge in [-0.15, -0.1) is 0 Å². The molecule has 1 atom stereocenters. The Kier molecular flexibility index (Phi) is 7.98. The summed E-state index contributed by atoms with van der Waals surface area (Å²) in [6, 6.07) is 7.37. The van der Waals surface area contributed by atoms with E-state index in [0.717, 1.165) is 36.9 Å². The maximum Gasteiger partial charge on any atom is 0.191 e. The molecular weight excluding hydrogens is 362 g/mol. The van der Waals surface area contributed by atoms with Crippen molar-refractivity contribution in [3.05, 3.63) is 46.2 Å². The SMILES string of the molecule is CCNC(=NCC(C)Oc1ccc(Cl)cc1)NCCc1c(C)nn(C)c1C. The molecule has 6 nitrogen and oxygen atoms in total. The molecule has 1 heterocycles. The third-order valence-electron chi connectivity index (χ3n) is 4.33. The number of hydrogen-bond acceptors (Lipinski definition) is 3. The Labute approximate surface area is 167 Å². The van der Waals surface area contributed by atoms with Gasteiger partial charge in [0.05, 0.1) is 12.2 Å². The number of halogens is 1. The highest BCUT2D eigenvalue weighted by atomic mass is 35.5. The minimum atomic E-state index is -0.0376. The van der Waals surface area contributed by atoms with E-state index >= 15 is 0 Å². The zero-order chi connectivity index (χ0) is 19.8. The lowest BCUT2D eigenvalue weighted by Crippen LogP contribution is -2.39. The van der Waals surface area contributed by atoms with E-state index in [1.165, 1.54) is 11.3 Å². The largest absolute Gasteiger partial charge is 0.489 e.